The Balaban J connectivity index is 0.000000512. The van der Waals surface area contributed by atoms with Gasteiger partial charge in [0.1, 0.15) is 0 Å². The maximum atomic E-state index is 10.6. The zero-order valence-corrected chi connectivity index (χ0v) is 21.4. The summed E-state index contributed by atoms with van der Waals surface area (Å²) in [5, 5.41) is 33.0. The summed E-state index contributed by atoms with van der Waals surface area (Å²) >= 11 is 0. The van der Waals surface area contributed by atoms with Gasteiger partial charge in [-0.15, -0.1) is 0 Å². The van der Waals surface area contributed by atoms with Gasteiger partial charge in [0.15, 0.2) is 0 Å². The van der Waals surface area contributed by atoms with Crippen molar-refractivity contribution >= 4 is 34.6 Å². The molecule has 0 aromatic heterocycles. The van der Waals surface area contributed by atoms with E-state index in [-0.39, 0.29) is 0 Å². The fourth-order valence-electron chi connectivity index (χ4n) is 2.75. The van der Waals surface area contributed by atoms with E-state index < -0.39 is 23.9 Å². The lowest BCUT2D eigenvalue weighted by molar-refractivity contribution is -0.135. The molecule has 4 N–H and O–H groups in total. The highest BCUT2D eigenvalue weighted by Gasteiger charge is 2.02. The largest absolute Gasteiger partial charge is 0.481 e. The molecule has 0 aliphatic heterocycles. The van der Waals surface area contributed by atoms with E-state index in [1.807, 2.05) is 30.3 Å². The summed E-state index contributed by atoms with van der Waals surface area (Å²) in [6.07, 6.45) is 1.03. The monoisotopic (exact) mass is 520 g/mol. The molecule has 0 amide bonds. The average Bonchev–Trinajstić information content (AvgIpc) is 2.84. The Morgan fingerprint density at radius 3 is 1.21 bits per heavy atom. The van der Waals surface area contributed by atoms with Crippen LogP contribution in [0.15, 0.2) is 103 Å². The molecule has 200 valence electrons. The molecule has 0 heterocycles. The molecule has 0 aliphatic rings. The summed E-state index contributed by atoms with van der Waals surface area (Å²) < 4.78 is 0. The van der Waals surface area contributed by atoms with E-state index in [1.54, 1.807) is 12.1 Å². The summed E-state index contributed by atoms with van der Waals surface area (Å²) in [6.45, 7) is 3.25. The molecule has 0 saturated carbocycles. The summed E-state index contributed by atoms with van der Waals surface area (Å²) in [7, 11) is 0. The second-order valence-electron chi connectivity index (χ2n) is 7.57. The number of rotatable bonds is 3. The molecule has 0 fully saturated rings. The fraction of sp³-hybridized carbons (Fsp3) is 0.133. The standard InChI is InChI=1S/C13H12.C11H8O2.3C2H4O2/c1-3-7-12(8-4-1)11-13-9-5-2-6-10-13;12-11(13)10-6-5-8-3-1-2-4-9(8)7-10;3*1-2(3)4/h1-10H,11H2;1-7H,(H,12,13);3*1H3,(H,3,4). The Labute approximate surface area is 221 Å². The number of carboxylic acid groups (broad SMARTS) is 4. The van der Waals surface area contributed by atoms with Crippen molar-refractivity contribution in [3.8, 4) is 0 Å². The topological polar surface area (TPSA) is 149 Å². The van der Waals surface area contributed by atoms with E-state index in [4.69, 9.17) is 34.8 Å². The van der Waals surface area contributed by atoms with Crippen molar-refractivity contribution in [2.45, 2.75) is 27.2 Å². The third-order valence-electron chi connectivity index (χ3n) is 4.09. The van der Waals surface area contributed by atoms with E-state index in [0.29, 0.717) is 5.56 Å². The third-order valence-corrected chi connectivity index (χ3v) is 4.09. The molecule has 8 heteroatoms. The molecular formula is C30H32O8. The normalized spacial score (nSPS) is 8.82. The second-order valence-corrected chi connectivity index (χ2v) is 7.57. The van der Waals surface area contributed by atoms with Crippen molar-refractivity contribution in [1.82, 2.24) is 0 Å². The van der Waals surface area contributed by atoms with Gasteiger partial charge in [0.2, 0.25) is 0 Å². The van der Waals surface area contributed by atoms with Crippen LogP contribution in [0.5, 0.6) is 0 Å². The van der Waals surface area contributed by atoms with Gasteiger partial charge in [-0.25, -0.2) is 4.79 Å². The van der Waals surface area contributed by atoms with Crippen LogP contribution in [0.2, 0.25) is 0 Å². The van der Waals surface area contributed by atoms with Crippen LogP contribution in [0.3, 0.4) is 0 Å². The molecule has 0 aliphatic carbocycles. The maximum absolute atomic E-state index is 10.6. The highest BCUT2D eigenvalue weighted by Crippen LogP contribution is 2.15. The minimum Gasteiger partial charge on any atom is -0.481 e. The first-order valence-electron chi connectivity index (χ1n) is 11.3. The highest BCUT2D eigenvalue weighted by atomic mass is 16.4. The van der Waals surface area contributed by atoms with E-state index in [2.05, 4.69) is 60.7 Å². The zero-order valence-electron chi connectivity index (χ0n) is 21.4. The maximum Gasteiger partial charge on any atom is 0.335 e. The quantitative estimate of drug-likeness (QED) is 0.254. The molecule has 0 spiro atoms. The molecule has 0 unspecified atom stereocenters. The Bertz CT molecular complexity index is 1190. The predicted octanol–water partition coefficient (Wildman–Crippen LogP) is 6.09. The van der Waals surface area contributed by atoms with Gasteiger partial charge in [-0.1, -0.05) is 91.0 Å². The van der Waals surface area contributed by atoms with Crippen LogP contribution in [0.1, 0.15) is 42.3 Å². The summed E-state index contributed by atoms with van der Waals surface area (Å²) in [6, 6.07) is 33.9. The van der Waals surface area contributed by atoms with Crippen LogP contribution < -0.4 is 0 Å². The van der Waals surface area contributed by atoms with E-state index >= 15 is 0 Å². The molecule has 0 atom stereocenters. The molecule has 4 rings (SSSR count). The molecule has 0 bridgehead atoms. The first kappa shape index (κ1) is 33.0. The molecule has 0 saturated heterocycles. The average molecular weight is 521 g/mol. The highest BCUT2D eigenvalue weighted by molar-refractivity contribution is 5.94. The lowest BCUT2D eigenvalue weighted by Gasteiger charge is -2.00. The number of fused-ring (bicyclic) bond motifs is 1. The lowest BCUT2D eigenvalue weighted by Crippen LogP contribution is -1.94. The smallest absolute Gasteiger partial charge is 0.335 e. The summed E-state index contributed by atoms with van der Waals surface area (Å²) in [5.74, 6) is -3.38. The van der Waals surface area contributed by atoms with Crippen molar-refractivity contribution in [2.24, 2.45) is 0 Å². The van der Waals surface area contributed by atoms with Gasteiger partial charge in [0.25, 0.3) is 17.9 Å². The Hall–Kier alpha value is -4.98. The van der Waals surface area contributed by atoms with E-state index in [9.17, 15) is 4.79 Å². The van der Waals surface area contributed by atoms with Crippen LogP contribution >= 0.6 is 0 Å². The first-order chi connectivity index (χ1) is 17.9. The van der Waals surface area contributed by atoms with Crippen LogP contribution in [0.4, 0.5) is 0 Å². The van der Waals surface area contributed by atoms with Crippen molar-refractivity contribution in [2.75, 3.05) is 0 Å². The minimum absolute atomic E-state index is 0.332. The van der Waals surface area contributed by atoms with Gasteiger partial charge in [-0.3, -0.25) is 14.4 Å². The molecule has 8 nitrogen and oxygen atoms in total. The Morgan fingerprint density at radius 1 is 0.500 bits per heavy atom. The van der Waals surface area contributed by atoms with Crippen LogP contribution in [0, 0.1) is 0 Å². The number of carbonyl (C=O) groups is 4. The van der Waals surface area contributed by atoms with Gasteiger partial charge in [-0.2, -0.15) is 0 Å². The van der Waals surface area contributed by atoms with Gasteiger partial charge in [-0.05, 0) is 40.5 Å². The first-order valence-corrected chi connectivity index (χ1v) is 11.3. The predicted molar refractivity (Wildman–Crippen MR) is 147 cm³/mol. The van der Waals surface area contributed by atoms with E-state index in [1.165, 1.54) is 11.1 Å². The molecular weight excluding hydrogens is 488 g/mol. The molecule has 4 aromatic carbocycles. The van der Waals surface area contributed by atoms with Crippen molar-refractivity contribution in [1.29, 1.82) is 0 Å². The number of hydrogen-bond acceptors (Lipinski definition) is 4. The SMILES string of the molecule is CC(=O)O.CC(=O)O.CC(=O)O.O=C(O)c1ccc2ccccc2c1.c1ccc(Cc2ccccc2)cc1. The fourth-order valence-corrected chi connectivity index (χ4v) is 2.75. The summed E-state index contributed by atoms with van der Waals surface area (Å²) in [4.78, 5) is 37.6. The van der Waals surface area contributed by atoms with Crippen molar-refractivity contribution < 1.29 is 39.6 Å². The van der Waals surface area contributed by atoms with E-state index in [0.717, 1.165) is 38.0 Å². The molecule has 4 aromatic rings. The minimum atomic E-state index is -0.884. The summed E-state index contributed by atoms with van der Waals surface area (Å²) in [5.41, 5.74) is 3.07. The van der Waals surface area contributed by atoms with Crippen LogP contribution in [-0.2, 0) is 20.8 Å². The van der Waals surface area contributed by atoms with Gasteiger partial charge < -0.3 is 20.4 Å². The van der Waals surface area contributed by atoms with Gasteiger partial charge >= 0.3 is 5.97 Å². The number of aromatic carboxylic acids is 1. The number of benzene rings is 4. The number of aliphatic carboxylic acids is 3. The van der Waals surface area contributed by atoms with Gasteiger partial charge in [0.05, 0.1) is 5.56 Å². The van der Waals surface area contributed by atoms with Crippen molar-refractivity contribution in [3.63, 3.8) is 0 Å². The van der Waals surface area contributed by atoms with Crippen LogP contribution in [-0.4, -0.2) is 44.3 Å². The van der Waals surface area contributed by atoms with Crippen LogP contribution in [0.25, 0.3) is 10.8 Å². The van der Waals surface area contributed by atoms with Gasteiger partial charge in [0, 0.05) is 20.8 Å². The number of hydrogen-bond donors (Lipinski definition) is 4. The molecule has 38 heavy (non-hydrogen) atoms. The lowest BCUT2D eigenvalue weighted by atomic mass is 10.1. The zero-order chi connectivity index (χ0) is 28.9. The number of carboxylic acids is 4. The molecule has 0 radical (unpaired) electrons. The second kappa shape index (κ2) is 19.2. The third kappa shape index (κ3) is 18.4. The Morgan fingerprint density at radius 2 is 0.842 bits per heavy atom. The Kier molecular flexibility index (Phi) is 16.7. The van der Waals surface area contributed by atoms with Crippen molar-refractivity contribution in [3.05, 3.63) is 120 Å².